The molecule has 21 heavy (non-hydrogen) atoms. The Morgan fingerprint density at radius 3 is 2.90 bits per heavy atom. The van der Waals surface area contributed by atoms with Crippen LogP contribution in [-0.2, 0) is 9.53 Å². The lowest BCUT2D eigenvalue weighted by atomic mass is 9.88. The zero-order valence-corrected chi connectivity index (χ0v) is 13.0. The van der Waals surface area contributed by atoms with Crippen LogP contribution < -0.4 is 10.1 Å². The van der Waals surface area contributed by atoms with Crippen LogP contribution in [0.1, 0.15) is 50.5 Å². The first-order valence-electron chi connectivity index (χ1n) is 7.09. The van der Waals surface area contributed by atoms with Crippen LogP contribution in [0.2, 0.25) is 0 Å². The summed E-state index contributed by atoms with van der Waals surface area (Å²) in [7, 11) is 1.55. The first kappa shape index (κ1) is 15.8. The van der Waals surface area contributed by atoms with Crippen molar-refractivity contribution in [2.24, 2.45) is 0 Å². The third-order valence-electron chi connectivity index (χ3n) is 3.58. The summed E-state index contributed by atoms with van der Waals surface area (Å²) in [6.45, 7) is 5.73. The molecule has 0 spiro atoms. The molecular formula is C16H23NO4. The molecule has 0 aliphatic carbocycles. The zero-order valence-electron chi connectivity index (χ0n) is 13.0. The molecule has 1 aromatic rings. The molecule has 5 heteroatoms. The number of amides is 1. The Balaban J connectivity index is 2.36. The maximum Gasteiger partial charge on any atom is 0.217 e. The second-order valence-electron chi connectivity index (χ2n) is 6.09. The minimum Gasteiger partial charge on any atom is -0.487 e. The molecule has 0 bridgehead atoms. The normalized spacial score (nSPS) is 21.1. The Morgan fingerprint density at radius 1 is 1.57 bits per heavy atom. The van der Waals surface area contributed by atoms with Gasteiger partial charge in [0.25, 0.3) is 0 Å². The van der Waals surface area contributed by atoms with Crippen molar-refractivity contribution in [3.05, 3.63) is 29.3 Å². The number of aliphatic hydroxyl groups excluding tert-OH is 1. The van der Waals surface area contributed by atoms with E-state index < -0.39 is 6.10 Å². The molecule has 0 radical (unpaired) electrons. The van der Waals surface area contributed by atoms with Gasteiger partial charge in [-0.3, -0.25) is 4.79 Å². The molecule has 0 fully saturated rings. The number of hydrogen-bond donors (Lipinski definition) is 2. The Labute approximate surface area is 125 Å². The van der Waals surface area contributed by atoms with Crippen LogP contribution in [0.4, 0.5) is 0 Å². The van der Waals surface area contributed by atoms with Gasteiger partial charge in [-0.2, -0.15) is 0 Å². The van der Waals surface area contributed by atoms with E-state index in [4.69, 9.17) is 9.47 Å². The number of aliphatic hydroxyl groups is 1. The van der Waals surface area contributed by atoms with Crippen LogP contribution in [0.5, 0.6) is 5.75 Å². The van der Waals surface area contributed by atoms with Crippen molar-refractivity contribution in [3.8, 4) is 5.75 Å². The molecular weight excluding hydrogens is 270 g/mol. The number of fused-ring (bicyclic) bond motifs is 1. The van der Waals surface area contributed by atoms with Gasteiger partial charge in [0.15, 0.2) is 0 Å². The third kappa shape index (κ3) is 3.74. The van der Waals surface area contributed by atoms with Crippen molar-refractivity contribution in [1.82, 2.24) is 5.32 Å². The Morgan fingerprint density at radius 2 is 2.29 bits per heavy atom. The summed E-state index contributed by atoms with van der Waals surface area (Å²) >= 11 is 0. The Bertz CT molecular complexity index is 527. The number of rotatable bonds is 4. The van der Waals surface area contributed by atoms with Crippen LogP contribution in [0, 0.1) is 0 Å². The average molecular weight is 293 g/mol. The number of nitrogens with one attached hydrogen (secondary N) is 1. The van der Waals surface area contributed by atoms with E-state index in [9.17, 15) is 9.90 Å². The lowest BCUT2D eigenvalue weighted by molar-refractivity contribution is -0.120. The summed E-state index contributed by atoms with van der Waals surface area (Å²) in [6, 6.07) is 5.44. The molecule has 2 rings (SSSR count). The lowest BCUT2D eigenvalue weighted by Crippen LogP contribution is -2.40. The van der Waals surface area contributed by atoms with Crippen LogP contribution in [0.15, 0.2) is 18.2 Å². The van der Waals surface area contributed by atoms with Gasteiger partial charge in [0.1, 0.15) is 17.5 Å². The maximum absolute atomic E-state index is 11.4. The summed E-state index contributed by atoms with van der Waals surface area (Å²) in [4.78, 5) is 11.4. The number of hydrogen-bond acceptors (Lipinski definition) is 4. The second-order valence-corrected chi connectivity index (χ2v) is 6.09. The van der Waals surface area contributed by atoms with Crippen molar-refractivity contribution < 1.29 is 19.4 Å². The van der Waals surface area contributed by atoms with Crippen molar-refractivity contribution in [3.63, 3.8) is 0 Å². The number of ether oxygens (including phenoxy) is 2. The van der Waals surface area contributed by atoms with Gasteiger partial charge in [-0.05, 0) is 31.5 Å². The van der Waals surface area contributed by atoms with E-state index >= 15 is 0 Å². The fourth-order valence-corrected chi connectivity index (χ4v) is 2.71. The van der Waals surface area contributed by atoms with E-state index in [1.807, 2.05) is 32.0 Å². The third-order valence-corrected chi connectivity index (χ3v) is 3.58. The number of methoxy groups -OCH3 is 1. The monoisotopic (exact) mass is 293 g/mol. The fraction of sp³-hybridized carbons (Fsp3) is 0.562. The Kier molecular flexibility index (Phi) is 4.54. The largest absolute Gasteiger partial charge is 0.487 e. The maximum atomic E-state index is 11.4. The smallest absolute Gasteiger partial charge is 0.217 e. The first-order valence-corrected chi connectivity index (χ1v) is 7.09. The quantitative estimate of drug-likeness (QED) is 0.892. The number of carbonyl (C=O) groups is 1. The van der Waals surface area contributed by atoms with Crippen molar-refractivity contribution in [2.45, 2.75) is 44.9 Å². The summed E-state index contributed by atoms with van der Waals surface area (Å²) < 4.78 is 10.9. The zero-order chi connectivity index (χ0) is 15.6. The lowest BCUT2D eigenvalue weighted by Gasteiger charge is -2.38. The van der Waals surface area contributed by atoms with Gasteiger partial charge in [-0.25, -0.2) is 0 Å². The first-order chi connectivity index (χ1) is 9.82. The molecule has 2 atom stereocenters. The van der Waals surface area contributed by atoms with Gasteiger partial charge in [0.2, 0.25) is 5.91 Å². The average Bonchev–Trinajstić information content (AvgIpc) is 2.36. The molecule has 1 aliphatic heterocycles. The molecule has 0 aromatic heterocycles. The van der Waals surface area contributed by atoms with E-state index in [1.54, 1.807) is 7.11 Å². The highest BCUT2D eigenvalue weighted by Crippen LogP contribution is 2.40. The van der Waals surface area contributed by atoms with Gasteiger partial charge in [-0.1, -0.05) is 6.07 Å². The van der Waals surface area contributed by atoms with Gasteiger partial charge in [-0.15, -0.1) is 0 Å². The molecule has 5 nitrogen and oxygen atoms in total. The molecule has 1 heterocycles. The van der Waals surface area contributed by atoms with Gasteiger partial charge < -0.3 is 19.9 Å². The summed E-state index contributed by atoms with van der Waals surface area (Å²) in [5.74, 6) is 0.671. The molecule has 1 aliphatic rings. The molecule has 1 amide bonds. The topological polar surface area (TPSA) is 67.8 Å². The van der Waals surface area contributed by atoms with Crippen molar-refractivity contribution in [1.29, 1.82) is 0 Å². The molecule has 0 saturated heterocycles. The molecule has 116 valence electrons. The molecule has 1 aromatic carbocycles. The van der Waals surface area contributed by atoms with Crippen molar-refractivity contribution >= 4 is 5.91 Å². The highest BCUT2D eigenvalue weighted by molar-refractivity contribution is 5.73. The highest BCUT2D eigenvalue weighted by atomic mass is 16.5. The van der Waals surface area contributed by atoms with E-state index in [2.05, 4.69) is 5.32 Å². The Hall–Kier alpha value is -1.59. The summed E-state index contributed by atoms with van der Waals surface area (Å²) in [5, 5.41) is 13.0. The number of carbonyl (C=O) groups excluding carboxylic acids is 1. The number of benzene rings is 1. The van der Waals surface area contributed by atoms with E-state index in [-0.39, 0.29) is 24.2 Å². The van der Waals surface area contributed by atoms with Crippen LogP contribution >= 0.6 is 0 Å². The SMILES string of the molecule is COCC(O)c1ccc2c(c1)C(NC(C)=O)CC(C)(C)O2. The van der Waals surface area contributed by atoms with Gasteiger partial charge >= 0.3 is 0 Å². The van der Waals surface area contributed by atoms with Gasteiger partial charge in [0.05, 0.1) is 12.6 Å². The van der Waals surface area contributed by atoms with Crippen molar-refractivity contribution in [2.75, 3.05) is 13.7 Å². The van der Waals surface area contributed by atoms with Gasteiger partial charge in [0, 0.05) is 26.0 Å². The van der Waals surface area contributed by atoms with Crippen LogP contribution in [0.25, 0.3) is 0 Å². The van der Waals surface area contributed by atoms with Crippen LogP contribution in [-0.4, -0.2) is 30.3 Å². The standard InChI is InChI=1S/C16H23NO4/c1-10(18)17-13-8-16(2,3)21-15-6-5-11(7-12(13)15)14(19)9-20-4/h5-7,13-14,19H,8-9H2,1-4H3,(H,17,18). The summed E-state index contributed by atoms with van der Waals surface area (Å²) in [5.41, 5.74) is 1.32. The fourth-order valence-electron chi connectivity index (χ4n) is 2.71. The molecule has 2 N–H and O–H groups in total. The minimum atomic E-state index is -0.687. The van der Waals surface area contributed by atoms with Crippen LogP contribution in [0.3, 0.4) is 0 Å². The second kappa shape index (κ2) is 6.03. The predicted molar refractivity (Wildman–Crippen MR) is 79.2 cm³/mol. The molecule has 2 unspecified atom stereocenters. The molecule has 0 saturated carbocycles. The summed E-state index contributed by atoms with van der Waals surface area (Å²) in [6.07, 6.45) is -0.00290. The highest BCUT2D eigenvalue weighted by Gasteiger charge is 2.34. The predicted octanol–water partition coefficient (Wildman–Crippen LogP) is 2.10. The minimum absolute atomic E-state index is 0.0773. The van der Waals surface area contributed by atoms with E-state index in [1.165, 1.54) is 6.92 Å². The van der Waals surface area contributed by atoms with E-state index in [0.29, 0.717) is 6.42 Å². The van der Waals surface area contributed by atoms with E-state index in [0.717, 1.165) is 16.9 Å².